The highest BCUT2D eigenvalue weighted by molar-refractivity contribution is 5.96. The lowest BCUT2D eigenvalue weighted by atomic mass is 10.1. The molecule has 2 aromatic rings. The third-order valence-electron chi connectivity index (χ3n) is 2.71. The zero-order valence-corrected chi connectivity index (χ0v) is 10.8. The molecule has 1 heterocycles. The van der Waals surface area contributed by atoms with Gasteiger partial charge in [-0.3, -0.25) is 9.48 Å². The zero-order chi connectivity index (χ0) is 15.6. The number of Topliss-reactive ketones (excluding diaryl/α,β-unsaturated/α-hetero) is 1. The summed E-state index contributed by atoms with van der Waals surface area (Å²) in [5.41, 5.74) is -1.06. The summed E-state index contributed by atoms with van der Waals surface area (Å²) >= 11 is 0. The predicted octanol–water partition coefficient (Wildman–Crippen LogP) is 2.93. The number of halogens is 4. The van der Waals surface area contributed by atoms with E-state index >= 15 is 0 Å². The topological polar surface area (TPSA) is 44.1 Å². The van der Waals surface area contributed by atoms with Crippen LogP contribution in [-0.2, 0) is 12.7 Å². The second kappa shape index (κ2) is 5.55. The van der Waals surface area contributed by atoms with E-state index in [1.165, 1.54) is 19.2 Å². The molecule has 0 saturated carbocycles. The van der Waals surface area contributed by atoms with Gasteiger partial charge in [0.05, 0.1) is 7.11 Å². The van der Waals surface area contributed by atoms with Crippen LogP contribution >= 0.6 is 0 Å². The van der Waals surface area contributed by atoms with Crippen molar-refractivity contribution in [2.75, 3.05) is 7.11 Å². The van der Waals surface area contributed by atoms with Crippen molar-refractivity contribution in [1.82, 2.24) is 9.78 Å². The molecule has 0 unspecified atom stereocenters. The fourth-order valence-electron chi connectivity index (χ4n) is 1.68. The standard InChI is InChI=1S/C13H10F4N2O2/c1-21-11-3-2-8(6-9(11)14)10(20)7-19-5-4-12(18-19)13(15,16)17/h2-6H,7H2,1H3. The van der Waals surface area contributed by atoms with Gasteiger partial charge in [-0.15, -0.1) is 0 Å². The highest BCUT2D eigenvalue weighted by atomic mass is 19.4. The molecule has 0 bridgehead atoms. The van der Waals surface area contributed by atoms with Gasteiger partial charge in [0.15, 0.2) is 23.0 Å². The van der Waals surface area contributed by atoms with Crippen molar-refractivity contribution >= 4 is 5.78 Å². The molecule has 0 atom stereocenters. The second-order valence-corrected chi connectivity index (χ2v) is 4.17. The van der Waals surface area contributed by atoms with Gasteiger partial charge in [0.2, 0.25) is 0 Å². The molecule has 4 nitrogen and oxygen atoms in total. The lowest BCUT2D eigenvalue weighted by Gasteiger charge is -2.05. The van der Waals surface area contributed by atoms with Crippen LogP contribution in [0, 0.1) is 5.82 Å². The van der Waals surface area contributed by atoms with Gasteiger partial charge < -0.3 is 4.74 Å². The normalized spacial score (nSPS) is 11.5. The Hall–Kier alpha value is -2.38. The molecule has 0 radical (unpaired) electrons. The average Bonchev–Trinajstić information content (AvgIpc) is 2.87. The number of ether oxygens (including phenoxy) is 1. The fraction of sp³-hybridized carbons (Fsp3) is 0.231. The molecule has 0 fully saturated rings. The number of hydrogen-bond donors (Lipinski definition) is 0. The Bertz CT molecular complexity index is 664. The summed E-state index contributed by atoms with van der Waals surface area (Å²) in [6, 6.07) is 4.34. The van der Waals surface area contributed by atoms with Gasteiger partial charge in [0.25, 0.3) is 0 Å². The number of carbonyl (C=O) groups excluding carboxylic acids is 1. The van der Waals surface area contributed by atoms with E-state index in [4.69, 9.17) is 4.74 Å². The number of nitrogens with zero attached hydrogens (tertiary/aromatic N) is 2. The van der Waals surface area contributed by atoms with Gasteiger partial charge in [0.1, 0.15) is 6.54 Å². The van der Waals surface area contributed by atoms with Gasteiger partial charge in [-0.2, -0.15) is 18.3 Å². The molecule has 0 aliphatic heterocycles. The van der Waals surface area contributed by atoms with Gasteiger partial charge >= 0.3 is 6.18 Å². The smallest absolute Gasteiger partial charge is 0.435 e. The lowest BCUT2D eigenvalue weighted by molar-refractivity contribution is -0.141. The molecule has 112 valence electrons. The molecule has 21 heavy (non-hydrogen) atoms. The van der Waals surface area contributed by atoms with Crippen molar-refractivity contribution in [1.29, 1.82) is 0 Å². The highest BCUT2D eigenvalue weighted by Crippen LogP contribution is 2.27. The van der Waals surface area contributed by atoms with Crippen LogP contribution in [0.15, 0.2) is 30.5 Å². The number of rotatable bonds is 4. The Morgan fingerprint density at radius 3 is 2.57 bits per heavy atom. The zero-order valence-electron chi connectivity index (χ0n) is 10.8. The number of carbonyl (C=O) groups is 1. The molecule has 0 spiro atoms. The van der Waals surface area contributed by atoms with Crippen LogP contribution in [-0.4, -0.2) is 22.7 Å². The van der Waals surface area contributed by atoms with Crippen molar-refractivity contribution in [3.05, 3.63) is 47.5 Å². The van der Waals surface area contributed by atoms with Crippen LogP contribution in [0.3, 0.4) is 0 Å². The third-order valence-corrected chi connectivity index (χ3v) is 2.71. The Balaban J connectivity index is 2.14. The molecule has 0 saturated heterocycles. The fourth-order valence-corrected chi connectivity index (χ4v) is 1.68. The molecule has 0 amide bonds. The minimum absolute atomic E-state index is 0.0232. The first-order valence-corrected chi connectivity index (χ1v) is 5.78. The van der Waals surface area contributed by atoms with E-state index < -0.39 is 30.0 Å². The summed E-state index contributed by atoms with van der Waals surface area (Å²) < 4.78 is 56.1. The minimum atomic E-state index is -4.57. The minimum Gasteiger partial charge on any atom is -0.494 e. The Morgan fingerprint density at radius 2 is 2.05 bits per heavy atom. The Labute approximate surface area is 116 Å². The third kappa shape index (κ3) is 3.39. The molecule has 1 aromatic heterocycles. The highest BCUT2D eigenvalue weighted by Gasteiger charge is 2.33. The van der Waals surface area contributed by atoms with Gasteiger partial charge in [-0.05, 0) is 24.3 Å². The molecule has 1 aromatic carbocycles. The number of ketones is 1. The average molecular weight is 302 g/mol. The van der Waals surface area contributed by atoms with E-state index in [9.17, 15) is 22.4 Å². The van der Waals surface area contributed by atoms with E-state index in [2.05, 4.69) is 5.10 Å². The molecule has 0 aliphatic rings. The maximum absolute atomic E-state index is 13.5. The van der Waals surface area contributed by atoms with E-state index in [1.54, 1.807) is 0 Å². The second-order valence-electron chi connectivity index (χ2n) is 4.17. The monoisotopic (exact) mass is 302 g/mol. The summed E-state index contributed by atoms with van der Waals surface area (Å²) in [6.07, 6.45) is -3.53. The first-order valence-electron chi connectivity index (χ1n) is 5.78. The quantitative estimate of drug-likeness (QED) is 0.644. The van der Waals surface area contributed by atoms with Crippen molar-refractivity contribution in [3.63, 3.8) is 0 Å². The SMILES string of the molecule is COc1ccc(C(=O)Cn2ccc(C(F)(F)F)n2)cc1F. The molecule has 0 aliphatic carbocycles. The number of benzene rings is 1. The van der Waals surface area contributed by atoms with Crippen LogP contribution < -0.4 is 4.74 Å². The van der Waals surface area contributed by atoms with Gasteiger partial charge in [0, 0.05) is 11.8 Å². The van der Waals surface area contributed by atoms with E-state index in [0.717, 1.165) is 23.0 Å². The Kier molecular flexibility index (Phi) is 3.97. The first-order chi connectivity index (χ1) is 9.81. The molecular weight excluding hydrogens is 292 g/mol. The number of alkyl halides is 3. The van der Waals surface area contributed by atoms with Crippen molar-refractivity contribution in [2.45, 2.75) is 12.7 Å². The van der Waals surface area contributed by atoms with Crippen LogP contribution in [0.1, 0.15) is 16.1 Å². The maximum atomic E-state index is 13.5. The summed E-state index contributed by atoms with van der Waals surface area (Å²) in [6.45, 7) is -0.415. The predicted molar refractivity (Wildman–Crippen MR) is 64.5 cm³/mol. The summed E-state index contributed by atoms with van der Waals surface area (Å²) in [7, 11) is 1.28. The van der Waals surface area contributed by atoms with Crippen molar-refractivity contribution in [3.8, 4) is 5.75 Å². The largest absolute Gasteiger partial charge is 0.494 e. The van der Waals surface area contributed by atoms with Crippen molar-refractivity contribution < 1.29 is 27.1 Å². The first kappa shape index (κ1) is 15.0. The lowest BCUT2D eigenvalue weighted by Crippen LogP contribution is -2.13. The summed E-state index contributed by atoms with van der Waals surface area (Å²) in [5, 5.41) is 3.26. The van der Waals surface area contributed by atoms with Crippen LogP contribution in [0.4, 0.5) is 17.6 Å². The number of aromatic nitrogens is 2. The summed E-state index contributed by atoms with van der Waals surface area (Å²) in [5.74, 6) is -1.31. The number of methoxy groups -OCH3 is 1. The van der Waals surface area contributed by atoms with Crippen LogP contribution in [0.5, 0.6) is 5.75 Å². The van der Waals surface area contributed by atoms with Gasteiger partial charge in [-0.25, -0.2) is 4.39 Å². The van der Waals surface area contributed by atoms with Crippen LogP contribution in [0.25, 0.3) is 0 Å². The summed E-state index contributed by atoms with van der Waals surface area (Å²) in [4.78, 5) is 11.9. The van der Waals surface area contributed by atoms with Crippen LogP contribution in [0.2, 0.25) is 0 Å². The molecule has 0 N–H and O–H groups in total. The van der Waals surface area contributed by atoms with Crippen molar-refractivity contribution in [2.24, 2.45) is 0 Å². The Morgan fingerprint density at radius 1 is 1.33 bits per heavy atom. The van der Waals surface area contributed by atoms with E-state index in [1.807, 2.05) is 0 Å². The molecule has 2 rings (SSSR count). The molecule has 8 heteroatoms. The molecular formula is C13H10F4N2O2. The van der Waals surface area contributed by atoms with E-state index in [0.29, 0.717) is 0 Å². The maximum Gasteiger partial charge on any atom is 0.435 e. The number of hydrogen-bond acceptors (Lipinski definition) is 3. The van der Waals surface area contributed by atoms with Gasteiger partial charge in [-0.1, -0.05) is 0 Å². The van der Waals surface area contributed by atoms with E-state index in [-0.39, 0.29) is 11.3 Å².